The van der Waals surface area contributed by atoms with Gasteiger partial charge in [0.05, 0.1) is 19.8 Å². The summed E-state index contributed by atoms with van der Waals surface area (Å²) < 4.78 is 10.6. The van der Waals surface area contributed by atoms with Crippen LogP contribution in [0.25, 0.3) is 11.0 Å². The lowest BCUT2D eigenvalue weighted by Crippen LogP contribution is -2.42. The molecule has 124 valence electrons. The van der Waals surface area contributed by atoms with Crippen LogP contribution in [0.5, 0.6) is 5.75 Å². The Morgan fingerprint density at radius 1 is 1.35 bits per heavy atom. The smallest absolute Gasteiger partial charge is 0.326 e. The van der Waals surface area contributed by atoms with Gasteiger partial charge in [-0.25, -0.2) is 4.79 Å². The number of carbonyl (C=O) groups excluding carboxylic acids is 1. The summed E-state index contributed by atoms with van der Waals surface area (Å²) in [5, 5.41) is 12.6. The molecule has 2 aromatic rings. The molecule has 0 saturated carbocycles. The van der Waals surface area contributed by atoms with E-state index in [2.05, 4.69) is 5.32 Å². The highest BCUT2D eigenvalue weighted by molar-refractivity contribution is 5.90. The van der Waals surface area contributed by atoms with Crippen LogP contribution in [-0.2, 0) is 16.0 Å². The number of aliphatic carboxylic acids is 1. The van der Waals surface area contributed by atoms with Crippen molar-refractivity contribution >= 4 is 22.8 Å². The molecule has 0 aliphatic carbocycles. The number of rotatable bonds is 7. The van der Waals surface area contributed by atoms with E-state index in [0.29, 0.717) is 23.3 Å². The summed E-state index contributed by atoms with van der Waals surface area (Å²) in [7, 11) is 1.57. The van der Waals surface area contributed by atoms with E-state index in [1.165, 1.54) is 6.26 Å². The first-order chi connectivity index (χ1) is 10.9. The van der Waals surface area contributed by atoms with Gasteiger partial charge >= 0.3 is 5.97 Å². The lowest BCUT2D eigenvalue weighted by atomic mass is 10.0. The molecule has 0 spiro atoms. The monoisotopic (exact) mass is 319 g/mol. The standard InChI is InChI=1S/C17H21NO5/c1-10(2)6-14(17(20)21)18-16(19)7-11-9-23-15-8-12(22-3)4-5-13(11)15/h4-5,8-10,14H,6-7H2,1-3H3,(H,18,19)(H,20,21). The minimum Gasteiger partial charge on any atom is -0.497 e. The number of furan rings is 1. The molecule has 2 rings (SSSR count). The molecule has 1 heterocycles. The lowest BCUT2D eigenvalue weighted by Gasteiger charge is -2.16. The maximum absolute atomic E-state index is 12.1. The number of carboxylic acids is 1. The average molecular weight is 319 g/mol. The fraction of sp³-hybridized carbons (Fsp3) is 0.412. The molecule has 1 amide bonds. The molecule has 0 aliphatic heterocycles. The molecule has 6 heteroatoms. The van der Waals surface area contributed by atoms with Crippen molar-refractivity contribution in [1.29, 1.82) is 0 Å². The van der Waals surface area contributed by atoms with Gasteiger partial charge in [-0.15, -0.1) is 0 Å². The third-order valence-electron chi connectivity index (χ3n) is 3.55. The third kappa shape index (κ3) is 4.25. The zero-order valence-corrected chi connectivity index (χ0v) is 13.5. The average Bonchev–Trinajstić information content (AvgIpc) is 2.88. The van der Waals surface area contributed by atoms with E-state index in [1.807, 2.05) is 19.9 Å². The molecule has 0 fully saturated rings. The molecule has 1 aromatic carbocycles. The second-order valence-corrected chi connectivity index (χ2v) is 5.89. The summed E-state index contributed by atoms with van der Waals surface area (Å²) in [6.07, 6.45) is 1.98. The topological polar surface area (TPSA) is 88.8 Å². The summed E-state index contributed by atoms with van der Waals surface area (Å²) >= 11 is 0. The van der Waals surface area contributed by atoms with Gasteiger partial charge in [0.15, 0.2) is 0 Å². The summed E-state index contributed by atoms with van der Waals surface area (Å²) in [4.78, 5) is 23.3. The van der Waals surface area contributed by atoms with Crippen molar-refractivity contribution in [3.8, 4) is 5.75 Å². The highest BCUT2D eigenvalue weighted by Gasteiger charge is 2.21. The van der Waals surface area contributed by atoms with Gasteiger partial charge in [0, 0.05) is 17.0 Å². The van der Waals surface area contributed by atoms with Gasteiger partial charge in [-0.3, -0.25) is 4.79 Å². The Bertz CT molecular complexity index is 704. The van der Waals surface area contributed by atoms with Crippen LogP contribution in [0.3, 0.4) is 0 Å². The molecular weight excluding hydrogens is 298 g/mol. The largest absolute Gasteiger partial charge is 0.497 e. The fourth-order valence-corrected chi connectivity index (χ4v) is 2.44. The molecule has 0 saturated heterocycles. The number of amides is 1. The molecule has 1 aromatic heterocycles. The quantitative estimate of drug-likeness (QED) is 0.819. The van der Waals surface area contributed by atoms with Gasteiger partial charge in [0.2, 0.25) is 5.91 Å². The number of hydrogen-bond acceptors (Lipinski definition) is 4. The van der Waals surface area contributed by atoms with E-state index in [9.17, 15) is 14.7 Å². The van der Waals surface area contributed by atoms with Crippen LogP contribution in [0.15, 0.2) is 28.9 Å². The van der Waals surface area contributed by atoms with Crippen molar-refractivity contribution in [2.75, 3.05) is 7.11 Å². The molecule has 0 aliphatic rings. The van der Waals surface area contributed by atoms with E-state index in [0.717, 1.165) is 5.39 Å². The molecular formula is C17H21NO5. The van der Waals surface area contributed by atoms with Crippen LogP contribution in [-0.4, -0.2) is 30.1 Å². The molecule has 6 nitrogen and oxygen atoms in total. The Labute approximate surface area is 134 Å². The molecule has 23 heavy (non-hydrogen) atoms. The van der Waals surface area contributed by atoms with Crippen molar-refractivity contribution in [3.05, 3.63) is 30.0 Å². The zero-order valence-electron chi connectivity index (χ0n) is 13.5. The predicted octanol–water partition coefficient (Wildman–Crippen LogP) is 2.60. The number of fused-ring (bicyclic) bond motifs is 1. The number of methoxy groups -OCH3 is 1. The summed E-state index contributed by atoms with van der Waals surface area (Å²) in [5.41, 5.74) is 1.35. The van der Waals surface area contributed by atoms with Crippen LogP contribution in [0.2, 0.25) is 0 Å². The third-order valence-corrected chi connectivity index (χ3v) is 3.55. The minimum absolute atomic E-state index is 0.0706. The molecule has 2 N–H and O–H groups in total. The van der Waals surface area contributed by atoms with Crippen molar-refractivity contribution in [2.24, 2.45) is 5.92 Å². The number of ether oxygens (including phenoxy) is 1. The van der Waals surface area contributed by atoms with Gasteiger partial charge in [0.25, 0.3) is 0 Å². The number of benzene rings is 1. The molecule has 0 radical (unpaired) electrons. The van der Waals surface area contributed by atoms with Crippen LogP contribution < -0.4 is 10.1 Å². The summed E-state index contributed by atoms with van der Waals surface area (Å²) in [6, 6.07) is 4.48. The van der Waals surface area contributed by atoms with Crippen LogP contribution in [0.1, 0.15) is 25.8 Å². The molecule has 0 bridgehead atoms. The number of hydrogen-bond donors (Lipinski definition) is 2. The first-order valence-corrected chi connectivity index (χ1v) is 7.47. The highest BCUT2D eigenvalue weighted by atomic mass is 16.5. The second-order valence-electron chi connectivity index (χ2n) is 5.89. The maximum atomic E-state index is 12.1. The van der Waals surface area contributed by atoms with Crippen molar-refractivity contribution < 1.29 is 23.8 Å². The number of carbonyl (C=O) groups is 2. The maximum Gasteiger partial charge on any atom is 0.326 e. The Hall–Kier alpha value is -2.50. The normalized spacial score (nSPS) is 12.3. The van der Waals surface area contributed by atoms with Crippen LogP contribution >= 0.6 is 0 Å². The van der Waals surface area contributed by atoms with E-state index < -0.39 is 12.0 Å². The van der Waals surface area contributed by atoms with E-state index in [-0.39, 0.29) is 18.2 Å². The Balaban J connectivity index is 2.09. The predicted molar refractivity (Wildman–Crippen MR) is 85.5 cm³/mol. The second kappa shape index (κ2) is 7.17. The van der Waals surface area contributed by atoms with E-state index in [4.69, 9.17) is 9.15 Å². The van der Waals surface area contributed by atoms with Gasteiger partial charge in [-0.1, -0.05) is 13.8 Å². The van der Waals surface area contributed by atoms with Crippen LogP contribution in [0.4, 0.5) is 0 Å². The van der Waals surface area contributed by atoms with E-state index >= 15 is 0 Å². The van der Waals surface area contributed by atoms with Gasteiger partial charge in [-0.2, -0.15) is 0 Å². The summed E-state index contributed by atoms with van der Waals surface area (Å²) in [6.45, 7) is 3.83. The minimum atomic E-state index is -1.02. The SMILES string of the molecule is COc1ccc2c(CC(=O)NC(CC(C)C)C(=O)O)coc2c1. The summed E-state index contributed by atoms with van der Waals surface area (Å²) in [5.74, 6) is -0.505. The Morgan fingerprint density at radius 3 is 2.70 bits per heavy atom. The fourth-order valence-electron chi connectivity index (χ4n) is 2.44. The lowest BCUT2D eigenvalue weighted by molar-refractivity contribution is -0.142. The number of nitrogens with one attached hydrogen (secondary N) is 1. The van der Waals surface area contributed by atoms with Gasteiger partial charge in [0.1, 0.15) is 17.4 Å². The highest BCUT2D eigenvalue weighted by Crippen LogP contribution is 2.25. The molecule has 1 unspecified atom stereocenters. The zero-order chi connectivity index (χ0) is 17.0. The van der Waals surface area contributed by atoms with Gasteiger partial charge in [-0.05, 0) is 24.5 Å². The first kappa shape index (κ1) is 16.9. The van der Waals surface area contributed by atoms with Crippen molar-refractivity contribution in [1.82, 2.24) is 5.32 Å². The van der Waals surface area contributed by atoms with Crippen molar-refractivity contribution in [3.63, 3.8) is 0 Å². The molecule has 1 atom stereocenters. The first-order valence-electron chi connectivity index (χ1n) is 7.47. The number of carboxylic acid groups (broad SMARTS) is 1. The Morgan fingerprint density at radius 2 is 2.09 bits per heavy atom. The van der Waals surface area contributed by atoms with Crippen molar-refractivity contribution in [2.45, 2.75) is 32.7 Å². The van der Waals surface area contributed by atoms with E-state index in [1.54, 1.807) is 19.2 Å². The van der Waals surface area contributed by atoms with Gasteiger partial charge < -0.3 is 19.6 Å². The van der Waals surface area contributed by atoms with Crippen LogP contribution in [0, 0.1) is 5.92 Å². The Kier molecular flexibility index (Phi) is 5.26.